The average Bonchev–Trinajstić information content (AvgIpc) is 2.96. The van der Waals surface area contributed by atoms with Crippen LogP contribution >= 0.6 is 0 Å². The molecule has 2 N–H and O–H groups in total. The second-order valence-corrected chi connectivity index (χ2v) is 5.93. The fourth-order valence-electron chi connectivity index (χ4n) is 2.89. The van der Waals surface area contributed by atoms with Crippen molar-refractivity contribution < 1.29 is 19.1 Å². The Kier molecular flexibility index (Phi) is 4.93. The number of rotatable bonds is 5. The number of carbonyl (C=O) groups is 2. The summed E-state index contributed by atoms with van der Waals surface area (Å²) < 4.78 is 9.94. The van der Waals surface area contributed by atoms with E-state index in [1.807, 2.05) is 25.1 Å². The highest BCUT2D eigenvalue weighted by molar-refractivity contribution is 5.97. The highest BCUT2D eigenvalue weighted by atomic mass is 16.5. The first-order chi connectivity index (χ1) is 12.5. The van der Waals surface area contributed by atoms with E-state index in [-0.39, 0.29) is 12.3 Å². The van der Waals surface area contributed by atoms with Crippen molar-refractivity contribution in [3.8, 4) is 5.75 Å². The van der Waals surface area contributed by atoms with Crippen molar-refractivity contribution in [3.63, 3.8) is 0 Å². The summed E-state index contributed by atoms with van der Waals surface area (Å²) in [5.41, 5.74) is 3.91. The largest absolute Gasteiger partial charge is 0.497 e. The average molecular weight is 352 g/mol. The van der Waals surface area contributed by atoms with E-state index in [4.69, 9.17) is 4.74 Å². The number of anilines is 1. The van der Waals surface area contributed by atoms with E-state index in [0.717, 1.165) is 27.9 Å². The predicted octanol–water partition coefficient (Wildman–Crippen LogP) is 3.45. The molecule has 0 bridgehead atoms. The van der Waals surface area contributed by atoms with Crippen LogP contribution in [-0.4, -0.2) is 31.1 Å². The number of methoxy groups -OCH3 is 2. The number of esters is 1. The number of carbonyl (C=O) groups excluding carboxylic acids is 2. The second-order valence-electron chi connectivity index (χ2n) is 5.93. The molecule has 1 heterocycles. The highest BCUT2D eigenvalue weighted by Gasteiger charge is 2.14. The summed E-state index contributed by atoms with van der Waals surface area (Å²) in [6.07, 6.45) is 0.234. The van der Waals surface area contributed by atoms with Crippen molar-refractivity contribution in [1.82, 2.24) is 4.98 Å². The van der Waals surface area contributed by atoms with Crippen molar-refractivity contribution in [2.75, 3.05) is 19.5 Å². The number of H-pyrrole nitrogens is 1. The van der Waals surface area contributed by atoms with Gasteiger partial charge in [-0.15, -0.1) is 0 Å². The van der Waals surface area contributed by atoms with Crippen LogP contribution in [0, 0.1) is 6.92 Å². The molecule has 6 nitrogen and oxygen atoms in total. The Morgan fingerprint density at radius 3 is 2.46 bits per heavy atom. The lowest BCUT2D eigenvalue weighted by atomic mass is 10.1. The summed E-state index contributed by atoms with van der Waals surface area (Å²) >= 11 is 0. The maximum Gasteiger partial charge on any atom is 0.337 e. The molecule has 3 rings (SSSR count). The van der Waals surface area contributed by atoms with Crippen LogP contribution in [0.2, 0.25) is 0 Å². The molecular formula is C20H20N2O4. The highest BCUT2D eigenvalue weighted by Crippen LogP contribution is 2.27. The SMILES string of the molecule is COC(=O)c1ccc(NC(=O)Cc2c(C)[nH]c3ccc(OC)cc23)cc1. The van der Waals surface area contributed by atoms with Crippen LogP contribution in [0.5, 0.6) is 5.75 Å². The van der Waals surface area contributed by atoms with Crippen LogP contribution in [-0.2, 0) is 16.0 Å². The van der Waals surface area contributed by atoms with Gasteiger partial charge in [-0.3, -0.25) is 4.79 Å². The Balaban J connectivity index is 1.77. The first-order valence-corrected chi connectivity index (χ1v) is 8.15. The zero-order chi connectivity index (χ0) is 18.7. The van der Waals surface area contributed by atoms with Crippen LogP contribution < -0.4 is 10.1 Å². The van der Waals surface area contributed by atoms with E-state index in [2.05, 4.69) is 15.0 Å². The lowest BCUT2D eigenvalue weighted by molar-refractivity contribution is -0.115. The Hall–Kier alpha value is -3.28. The van der Waals surface area contributed by atoms with Crippen LogP contribution in [0.3, 0.4) is 0 Å². The fraction of sp³-hybridized carbons (Fsp3) is 0.200. The lowest BCUT2D eigenvalue weighted by Gasteiger charge is -2.07. The summed E-state index contributed by atoms with van der Waals surface area (Å²) in [4.78, 5) is 27.2. The van der Waals surface area contributed by atoms with E-state index in [1.165, 1.54) is 7.11 Å². The van der Waals surface area contributed by atoms with Gasteiger partial charge in [0.05, 0.1) is 26.2 Å². The molecule has 0 saturated carbocycles. The second kappa shape index (κ2) is 7.31. The van der Waals surface area contributed by atoms with Gasteiger partial charge in [0.25, 0.3) is 0 Å². The van der Waals surface area contributed by atoms with Gasteiger partial charge in [0.1, 0.15) is 5.75 Å². The van der Waals surface area contributed by atoms with Crippen molar-refractivity contribution in [3.05, 3.63) is 59.3 Å². The first kappa shape index (κ1) is 17.5. The van der Waals surface area contributed by atoms with Gasteiger partial charge < -0.3 is 19.8 Å². The van der Waals surface area contributed by atoms with Gasteiger partial charge in [-0.05, 0) is 55.0 Å². The van der Waals surface area contributed by atoms with Crippen LogP contribution in [0.1, 0.15) is 21.6 Å². The van der Waals surface area contributed by atoms with E-state index < -0.39 is 5.97 Å². The molecule has 0 fully saturated rings. The Bertz CT molecular complexity index is 958. The standard InChI is InChI=1S/C20H20N2O4/c1-12-16(17-10-15(25-2)8-9-18(17)21-12)11-19(23)22-14-6-4-13(5-7-14)20(24)26-3/h4-10,21H,11H2,1-3H3,(H,22,23). The molecular weight excluding hydrogens is 332 g/mol. The zero-order valence-electron chi connectivity index (χ0n) is 14.9. The van der Waals surface area contributed by atoms with Gasteiger partial charge in [0, 0.05) is 22.3 Å². The smallest absolute Gasteiger partial charge is 0.337 e. The number of aromatic amines is 1. The van der Waals surface area contributed by atoms with Gasteiger partial charge in [-0.25, -0.2) is 4.79 Å². The van der Waals surface area contributed by atoms with Crippen LogP contribution in [0.25, 0.3) is 10.9 Å². The summed E-state index contributed by atoms with van der Waals surface area (Å²) in [6.45, 7) is 1.94. The van der Waals surface area contributed by atoms with Crippen molar-refractivity contribution in [2.24, 2.45) is 0 Å². The molecule has 3 aromatic rings. The van der Waals surface area contributed by atoms with Gasteiger partial charge >= 0.3 is 5.97 Å². The minimum atomic E-state index is -0.411. The molecule has 6 heteroatoms. The molecule has 2 aromatic carbocycles. The molecule has 0 radical (unpaired) electrons. The molecule has 0 spiro atoms. The molecule has 0 aliphatic rings. The number of nitrogens with one attached hydrogen (secondary N) is 2. The third-order valence-corrected chi connectivity index (χ3v) is 4.25. The van der Waals surface area contributed by atoms with Crippen molar-refractivity contribution >= 4 is 28.5 Å². The lowest BCUT2D eigenvalue weighted by Crippen LogP contribution is -2.15. The molecule has 1 aromatic heterocycles. The molecule has 0 saturated heterocycles. The maximum atomic E-state index is 12.5. The van der Waals surface area contributed by atoms with E-state index in [9.17, 15) is 9.59 Å². The number of amides is 1. The van der Waals surface area contributed by atoms with Gasteiger partial charge in [0.15, 0.2) is 0 Å². The van der Waals surface area contributed by atoms with Crippen molar-refractivity contribution in [2.45, 2.75) is 13.3 Å². The minimum Gasteiger partial charge on any atom is -0.497 e. The minimum absolute atomic E-state index is 0.136. The third kappa shape index (κ3) is 3.54. The van der Waals surface area contributed by atoms with E-state index in [0.29, 0.717) is 11.3 Å². The molecule has 0 unspecified atom stereocenters. The zero-order valence-corrected chi connectivity index (χ0v) is 14.9. The van der Waals surface area contributed by atoms with E-state index >= 15 is 0 Å². The van der Waals surface area contributed by atoms with Gasteiger partial charge in [-0.1, -0.05) is 0 Å². The summed E-state index contributed by atoms with van der Waals surface area (Å²) in [7, 11) is 2.95. The predicted molar refractivity (Wildman–Crippen MR) is 99.7 cm³/mol. The summed E-state index contributed by atoms with van der Waals surface area (Å²) in [5, 5.41) is 3.82. The first-order valence-electron chi connectivity index (χ1n) is 8.15. The Labute approximate surface area is 151 Å². The van der Waals surface area contributed by atoms with Gasteiger partial charge in [-0.2, -0.15) is 0 Å². The molecule has 26 heavy (non-hydrogen) atoms. The van der Waals surface area contributed by atoms with E-state index in [1.54, 1.807) is 31.4 Å². The van der Waals surface area contributed by atoms with Gasteiger partial charge in [0.2, 0.25) is 5.91 Å². The fourth-order valence-corrected chi connectivity index (χ4v) is 2.89. The molecule has 0 aliphatic heterocycles. The number of aryl methyl sites for hydroxylation is 1. The Morgan fingerprint density at radius 1 is 1.08 bits per heavy atom. The number of ether oxygens (including phenoxy) is 2. The van der Waals surface area contributed by atoms with Crippen LogP contribution in [0.4, 0.5) is 5.69 Å². The normalized spacial score (nSPS) is 10.6. The molecule has 0 aliphatic carbocycles. The van der Waals surface area contributed by atoms with Crippen LogP contribution in [0.15, 0.2) is 42.5 Å². The maximum absolute atomic E-state index is 12.5. The molecule has 1 amide bonds. The Morgan fingerprint density at radius 2 is 1.81 bits per heavy atom. The number of benzene rings is 2. The summed E-state index contributed by atoms with van der Waals surface area (Å²) in [5.74, 6) is 0.199. The topological polar surface area (TPSA) is 80.4 Å². The number of fused-ring (bicyclic) bond motifs is 1. The summed E-state index contributed by atoms with van der Waals surface area (Å²) in [6, 6.07) is 12.3. The molecule has 134 valence electrons. The number of hydrogen-bond donors (Lipinski definition) is 2. The molecule has 0 atom stereocenters. The number of aromatic nitrogens is 1. The van der Waals surface area contributed by atoms with Crippen molar-refractivity contribution in [1.29, 1.82) is 0 Å². The number of hydrogen-bond acceptors (Lipinski definition) is 4. The monoisotopic (exact) mass is 352 g/mol. The quantitative estimate of drug-likeness (QED) is 0.689. The third-order valence-electron chi connectivity index (χ3n) is 4.25.